The molecular weight excluding hydrogens is 272 g/mol. The molecule has 124 valence electrons. The summed E-state index contributed by atoms with van der Waals surface area (Å²) in [6, 6.07) is 0. The van der Waals surface area contributed by atoms with E-state index in [1.165, 1.54) is 5.57 Å². The molecule has 0 aliphatic carbocycles. The quantitative estimate of drug-likeness (QED) is 0.705. The van der Waals surface area contributed by atoms with Gasteiger partial charge in [-0.1, -0.05) is 44.2 Å². The van der Waals surface area contributed by atoms with Gasteiger partial charge in [-0.25, -0.2) is 0 Å². The number of ether oxygens (including phenoxy) is 1. The third kappa shape index (κ3) is 4.57. The molecule has 0 aromatic heterocycles. The fourth-order valence-electron chi connectivity index (χ4n) is 3.28. The van der Waals surface area contributed by atoms with Crippen molar-refractivity contribution < 1.29 is 9.84 Å². The molecule has 0 aromatic carbocycles. The van der Waals surface area contributed by atoms with Gasteiger partial charge in [0.15, 0.2) is 0 Å². The van der Waals surface area contributed by atoms with Gasteiger partial charge in [0, 0.05) is 0 Å². The lowest BCUT2D eigenvalue weighted by Crippen LogP contribution is -2.24. The summed E-state index contributed by atoms with van der Waals surface area (Å²) in [5.74, 6) is 1.02. The van der Waals surface area contributed by atoms with E-state index in [1.54, 1.807) is 0 Å². The van der Waals surface area contributed by atoms with Crippen molar-refractivity contribution in [1.82, 2.24) is 0 Å². The second-order valence-corrected chi connectivity index (χ2v) is 7.87. The summed E-state index contributed by atoms with van der Waals surface area (Å²) < 4.78 is 6.28. The second kappa shape index (κ2) is 6.72. The molecule has 2 heterocycles. The third-order valence-electron chi connectivity index (χ3n) is 5.09. The van der Waals surface area contributed by atoms with Gasteiger partial charge in [-0.3, -0.25) is 0 Å². The Bertz CT molecular complexity index is 470. The van der Waals surface area contributed by atoms with Crippen LogP contribution >= 0.6 is 0 Å². The Balaban J connectivity index is 2.28. The predicted molar refractivity (Wildman–Crippen MR) is 92.7 cm³/mol. The first-order chi connectivity index (χ1) is 10.2. The maximum Gasteiger partial charge on any atom is 0.0843 e. The highest BCUT2D eigenvalue weighted by molar-refractivity contribution is 5.16. The fraction of sp³-hybridized carbons (Fsp3) is 0.700. The number of hydrogen-bond acceptors (Lipinski definition) is 2. The van der Waals surface area contributed by atoms with Gasteiger partial charge < -0.3 is 9.84 Å². The summed E-state index contributed by atoms with van der Waals surface area (Å²) in [5.41, 5.74) is 0.373. The Hall–Kier alpha value is -0.860. The number of hydrogen-bond donors (Lipinski definition) is 1. The normalized spacial score (nSPS) is 40.0. The van der Waals surface area contributed by atoms with Crippen LogP contribution in [0, 0.1) is 11.8 Å². The molecule has 0 saturated carbocycles. The molecule has 1 saturated heterocycles. The standard InChI is InChI=1S/C20H32O2/c1-15(2)17-8-7-16(3)18-10-14-20(5,22-18)12-6-11-19(4,21)13-9-17/h6-7,9,12-13,15,17-18,21H,8,10-11,14H2,1-5H3. The molecule has 2 bridgehead atoms. The lowest BCUT2D eigenvalue weighted by atomic mass is 9.88. The van der Waals surface area contributed by atoms with Gasteiger partial charge in [0.1, 0.15) is 0 Å². The molecule has 4 unspecified atom stereocenters. The highest BCUT2D eigenvalue weighted by Gasteiger charge is 2.34. The Morgan fingerprint density at radius 2 is 2.00 bits per heavy atom. The molecule has 0 aromatic rings. The summed E-state index contributed by atoms with van der Waals surface area (Å²) in [7, 11) is 0. The van der Waals surface area contributed by atoms with Crippen LogP contribution in [0.15, 0.2) is 36.0 Å². The Morgan fingerprint density at radius 3 is 2.68 bits per heavy atom. The van der Waals surface area contributed by atoms with Crippen molar-refractivity contribution in [2.24, 2.45) is 11.8 Å². The van der Waals surface area contributed by atoms with E-state index in [4.69, 9.17) is 4.74 Å². The lowest BCUT2D eigenvalue weighted by molar-refractivity contribution is 0.0213. The second-order valence-electron chi connectivity index (χ2n) is 7.87. The molecule has 1 N–H and O–H groups in total. The lowest BCUT2D eigenvalue weighted by Gasteiger charge is -2.22. The first-order valence-electron chi connectivity index (χ1n) is 8.65. The molecule has 2 aliphatic rings. The van der Waals surface area contributed by atoms with Crippen molar-refractivity contribution in [2.45, 2.75) is 77.6 Å². The van der Waals surface area contributed by atoms with Crippen molar-refractivity contribution in [3.8, 4) is 0 Å². The zero-order valence-corrected chi connectivity index (χ0v) is 14.8. The van der Waals surface area contributed by atoms with E-state index in [9.17, 15) is 5.11 Å². The van der Waals surface area contributed by atoms with Crippen LogP contribution < -0.4 is 0 Å². The first-order valence-corrected chi connectivity index (χ1v) is 8.65. The minimum absolute atomic E-state index is 0.189. The maximum atomic E-state index is 10.5. The van der Waals surface area contributed by atoms with Crippen LogP contribution in [0.1, 0.15) is 60.3 Å². The van der Waals surface area contributed by atoms with Crippen molar-refractivity contribution >= 4 is 0 Å². The van der Waals surface area contributed by atoms with Crippen molar-refractivity contribution in [3.63, 3.8) is 0 Å². The Morgan fingerprint density at radius 1 is 1.27 bits per heavy atom. The highest BCUT2D eigenvalue weighted by Crippen LogP contribution is 2.35. The van der Waals surface area contributed by atoms with Crippen LogP contribution in [-0.4, -0.2) is 22.4 Å². The third-order valence-corrected chi connectivity index (χ3v) is 5.09. The SMILES string of the molecule is CC1=CCC(C(C)C)C=CC(C)(O)CC=CC2(C)CCC1O2. The average Bonchev–Trinajstić information content (AvgIpc) is 2.79. The van der Waals surface area contributed by atoms with Crippen molar-refractivity contribution in [2.75, 3.05) is 0 Å². The van der Waals surface area contributed by atoms with Crippen LogP contribution in [0.5, 0.6) is 0 Å². The van der Waals surface area contributed by atoms with E-state index in [0.717, 1.165) is 19.3 Å². The molecule has 2 aliphatic heterocycles. The van der Waals surface area contributed by atoms with Crippen LogP contribution in [0.3, 0.4) is 0 Å². The van der Waals surface area contributed by atoms with Crippen molar-refractivity contribution in [3.05, 3.63) is 36.0 Å². The summed E-state index contributed by atoms with van der Waals surface area (Å²) in [5, 5.41) is 10.5. The topological polar surface area (TPSA) is 29.5 Å². The summed E-state index contributed by atoms with van der Waals surface area (Å²) in [6.45, 7) is 10.7. The van der Waals surface area contributed by atoms with Gasteiger partial charge in [0.2, 0.25) is 0 Å². The number of rotatable bonds is 1. The molecular formula is C20H32O2. The number of allylic oxidation sites excluding steroid dienone is 2. The molecule has 2 heteroatoms. The minimum Gasteiger partial charge on any atom is -0.386 e. The summed E-state index contributed by atoms with van der Waals surface area (Å²) in [4.78, 5) is 0. The molecule has 2 rings (SSSR count). The van der Waals surface area contributed by atoms with Crippen LogP contribution in [0.4, 0.5) is 0 Å². The van der Waals surface area contributed by atoms with Gasteiger partial charge in [-0.05, 0) is 63.9 Å². The molecule has 4 atom stereocenters. The van der Waals surface area contributed by atoms with Crippen LogP contribution in [0.25, 0.3) is 0 Å². The van der Waals surface area contributed by atoms with E-state index in [2.05, 4.69) is 52.0 Å². The first kappa shape index (κ1) is 17.5. The predicted octanol–water partition coefficient (Wildman–Crippen LogP) is 4.80. The Labute approximate surface area is 136 Å². The molecule has 0 radical (unpaired) electrons. The van der Waals surface area contributed by atoms with Gasteiger partial charge in [-0.2, -0.15) is 0 Å². The number of fused-ring (bicyclic) bond motifs is 2. The zero-order valence-electron chi connectivity index (χ0n) is 14.8. The maximum absolute atomic E-state index is 10.5. The molecule has 0 spiro atoms. The van der Waals surface area contributed by atoms with E-state index in [0.29, 0.717) is 18.3 Å². The van der Waals surface area contributed by atoms with Gasteiger partial charge in [0.25, 0.3) is 0 Å². The van der Waals surface area contributed by atoms with Crippen LogP contribution in [0.2, 0.25) is 0 Å². The van der Waals surface area contributed by atoms with Gasteiger partial charge in [-0.15, -0.1) is 0 Å². The monoisotopic (exact) mass is 304 g/mol. The highest BCUT2D eigenvalue weighted by atomic mass is 16.5. The van der Waals surface area contributed by atoms with E-state index < -0.39 is 5.60 Å². The largest absolute Gasteiger partial charge is 0.386 e. The molecule has 0 amide bonds. The van der Waals surface area contributed by atoms with Crippen molar-refractivity contribution in [1.29, 1.82) is 0 Å². The van der Waals surface area contributed by atoms with E-state index in [1.807, 2.05) is 13.0 Å². The summed E-state index contributed by atoms with van der Waals surface area (Å²) in [6.07, 6.45) is 14.7. The van der Waals surface area contributed by atoms with Crippen LogP contribution in [-0.2, 0) is 4.74 Å². The van der Waals surface area contributed by atoms with Gasteiger partial charge in [0.05, 0.1) is 17.3 Å². The minimum atomic E-state index is -0.787. The number of aliphatic hydroxyl groups is 1. The molecule has 2 nitrogen and oxygen atoms in total. The van der Waals surface area contributed by atoms with E-state index in [-0.39, 0.29) is 11.7 Å². The van der Waals surface area contributed by atoms with Gasteiger partial charge >= 0.3 is 0 Å². The Kier molecular flexibility index (Phi) is 5.34. The molecule has 1 fully saturated rings. The fourth-order valence-corrected chi connectivity index (χ4v) is 3.28. The van der Waals surface area contributed by atoms with E-state index >= 15 is 0 Å². The average molecular weight is 304 g/mol. The smallest absolute Gasteiger partial charge is 0.0843 e. The zero-order chi connectivity index (χ0) is 16.4. The summed E-state index contributed by atoms with van der Waals surface area (Å²) >= 11 is 0. The molecule has 22 heavy (non-hydrogen) atoms.